The smallest absolute Gasteiger partial charge is 0.433 e. The molecule has 1 N–H and O–H groups in total. The Morgan fingerprint density at radius 2 is 1.85 bits per heavy atom. The van der Waals surface area contributed by atoms with Gasteiger partial charge in [0.1, 0.15) is 5.56 Å². The van der Waals surface area contributed by atoms with E-state index in [1.54, 1.807) is 36.1 Å². The molecule has 8 nitrogen and oxygen atoms in total. The van der Waals surface area contributed by atoms with Gasteiger partial charge in [0.25, 0.3) is 5.91 Å². The lowest BCUT2D eigenvalue weighted by molar-refractivity contribution is -0.142. The summed E-state index contributed by atoms with van der Waals surface area (Å²) in [4.78, 5) is 30.7. The second-order valence-electron chi connectivity index (χ2n) is 8.12. The molecule has 0 saturated carbocycles. The Hall–Kier alpha value is -3.63. The van der Waals surface area contributed by atoms with Crippen molar-refractivity contribution in [1.82, 2.24) is 24.8 Å². The van der Waals surface area contributed by atoms with Crippen LogP contribution in [0.5, 0.6) is 0 Å². The van der Waals surface area contributed by atoms with Gasteiger partial charge in [0.15, 0.2) is 11.3 Å². The summed E-state index contributed by atoms with van der Waals surface area (Å²) in [6.45, 7) is 4.70. The molecule has 0 radical (unpaired) electrons. The van der Waals surface area contributed by atoms with Gasteiger partial charge in [-0.2, -0.15) is 18.3 Å². The van der Waals surface area contributed by atoms with Crippen molar-refractivity contribution in [3.63, 3.8) is 0 Å². The number of aryl methyl sites for hydroxylation is 1. The minimum atomic E-state index is -4.69. The van der Waals surface area contributed by atoms with Crippen LogP contribution in [0, 0.1) is 6.92 Å². The molecule has 0 bridgehead atoms. The van der Waals surface area contributed by atoms with Crippen LogP contribution in [-0.2, 0) is 10.9 Å². The number of rotatable bonds is 4. The van der Waals surface area contributed by atoms with E-state index in [0.717, 1.165) is 17.8 Å². The molecule has 0 aliphatic carbocycles. The largest absolute Gasteiger partial charge is 0.450 e. The van der Waals surface area contributed by atoms with Gasteiger partial charge in [0.2, 0.25) is 0 Å². The fourth-order valence-electron chi connectivity index (χ4n) is 3.88. The monoisotopic (exact) mass is 475 g/mol. The molecule has 1 fully saturated rings. The molecule has 2 aromatic heterocycles. The lowest BCUT2D eigenvalue weighted by Gasteiger charge is -2.31. The van der Waals surface area contributed by atoms with Gasteiger partial charge in [-0.15, -0.1) is 0 Å². The minimum Gasteiger partial charge on any atom is -0.450 e. The number of benzene rings is 1. The van der Waals surface area contributed by atoms with Crippen LogP contribution in [0.15, 0.2) is 36.5 Å². The highest BCUT2D eigenvalue weighted by molar-refractivity contribution is 6.00. The molecule has 0 spiro atoms. The highest BCUT2D eigenvalue weighted by Gasteiger charge is 2.36. The van der Waals surface area contributed by atoms with Crippen molar-refractivity contribution in [3.05, 3.63) is 53.3 Å². The van der Waals surface area contributed by atoms with Gasteiger partial charge in [-0.3, -0.25) is 4.79 Å². The average molecular weight is 475 g/mol. The number of alkyl halides is 3. The summed E-state index contributed by atoms with van der Waals surface area (Å²) in [5.74, 6) is -0.564. The van der Waals surface area contributed by atoms with Gasteiger partial charge in [-0.1, -0.05) is 29.8 Å². The standard InChI is InChI=1S/C23H24F3N5O3/c1-3-34-22(33)30-10-8-16(9-11-30)28-21(32)17-13-27-31-19(23(24,25)26)12-18(29-20(17)31)15-6-4-14(2)5-7-15/h4-7,12-13,16H,3,8-11H2,1-2H3,(H,28,32). The van der Waals surface area contributed by atoms with E-state index >= 15 is 0 Å². The Kier molecular flexibility index (Phi) is 6.45. The number of fused-ring (bicyclic) bond motifs is 1. The third kappa shape index (κ3) is 4.82. The number of nitrogens with one attached hydrogen (secondary N) is 1. The lowest BCUT2D eigenvalue weighted by atomic mass is 10.0. The summed E-state index contributed by atoms with van der Waals surface area (Å²) in [6.07, 6.45) is -3.00. The first-order valence-electron chi connectivity index (χ1n) is 10.9. The molecule has 11 heteroatoms. The zero-order valence-electron chi connectivity index (χ0n) is 18.7. The molecule has 0 unspecified atom stereocenters. The van der Waals surface area contributed by atoms with Crippen molar-refractivity contribution >= 4 is 17.6 Å². The summed E-state index contributed by atoms with van der Waals surface area (Å²) in [6, 6.07) is 7.61. The number of nitrogens with zero attached hydrogens (tertiary/aromatic N) is 4. The maximum atomic E-state index is 13.8. The van der Waals surface area contributed by atoms with Crippen LogP contribution in [0.1, 0.15) is 41.4 Å². The van der Waals surface area contributed by atoms with Crippen LogP contribution in [0.2, 0.25) is 0 Å². The van der Waals surface area contributed by atoms with Crippen molar-refractivity contribution in [3.8, 4) is 11.3 Å². The quantitative estimate of drug-likeness (QED) is 0.615. The van der Waals surface area contributed by atoms with Crippen molar-refractivity contribution in [2.24, 2.45) is 0 Å². The molecule has 1 aliphatic heterocycles. The Balaban J connectivity index is 1.60. The van der Waals surface area contributed by atoms with E-state index in [9.17, 15) is 22.8 Å². The zero-order chi connectivity index (χ0) is 24.5. The van der Waals surface area contributed by atoms with Crippen LogP contribution in [-0.4, -0.2) is 57.2 Å². The molecule has 1 aromatic carbocycles. The van der Waals surface area contributed by atoms with Crippen LogP contribution in [0.25, 0.3) is 16.9 Å². The first-order valence-corrected chi connectivity index (χ1v) is 10.9. The molecule has 180 valence electrons. The Labute approximate surface area is 193 Å². The van der Waals surface area contributed by atoms with Gasteiger partial charge in [-0.25, -0.2) is 14.3 Å². The number of piperidine rings is 1. The number of carbonyl (C=O) groups excluding carboxylic acids is 2. The molecule has 1 aliphatic rings. The van der Waals surface area contributed by atoms with E-state index < -0.39 is 23.9 Å². The predicted molar refractivity (Wildman–Crippen MR) is 117 cm³/mol. The number of amides is 2. The average Bonchev–Trinajstić information content (AvgIpc) is 3.23. The van der Waals surface area contributed by atoms with E-state index in [1.807, 2.05) is 6.92 Å². The van der Waals surface area contributed by atoms with Gasteiger partial charge in [-0.05, 0) is 32.8 Å². The summed E-state index contributed by atoms with van der Waals surface area (Å²) in [5.41, 5.74) is 0.308. The van der Waals surface area contributed by atoms with Gasteiger partial charge >= 0.3 is 12.3 Å². The number of halogens is 3. The summed E-state index contributed by atoms with van der Waals surface area (Å²) < 4.78 is 47.0. The second-order valence-corrected chi connectivity index (χ2v) is 8.12. The molecule has 1 saturated heterocycles. The molecular formula is C23H24F3N5O3. The van der Waals surface area contributed by atoms with E-state index in [4.69, 9.17) is 4.74 Å². The Morgan fingerprint density at radius 1 is 1.18 bits per heavy atom. The first kappa shape index (κ1) is 23.5. The zero-order valence-corrected chi connectivity index (χ0v) is 18.7. The highest BCUT2D eigenvalue weighted by Crippen LogP contribution is 2.33. The number of hydrogen-bond donors (Lipinski definition) is 1. The molecular weight excluding hydrogens is 451 g/mol. The Morgan fingerprint density at radius 3 is 2.47 bits per heavy atom. The van der Waals surface area contributed by atoms with E-state index in [0.29, 0.717) is 36.0 Å². The predicted octanol–water partition coefficient (Wildman–Crippen LogP) is 4.07. The summed E-state index contributed by atoms with van der Waals surface area (Å²) in [7, 11) is 0. The normalized spacial score (nSPS) is 14.9. The number of hydrogen-bond acceptors (Lipinski definition) is 5. The van der Waals surface area contributed by atoms with E-state index in [1.165, 1.54) is 0 Å². The summed E-state index contributed by atoms with van der Waals surface area (Å²) in [5, 5.41) is 6.65. The molecule has 3 heterocycles. The topological polar surface area (TPSA) is 88.8 Å². The van der Waals surface area contributed by atoms with E-state index in [2.05, 4.69) is 15.4 Å². The second kappa shape index (κ2) is 9.32. The van der Waals surface area contributed by atoms with Crippen LogP contribution >= 0.6 is 0 Å². The molecule has 4 rings (SSSR count). The maximum Gasteiger partial charge on any atom is 0.433 e. The van der Waals surface area contributed by atoms with E-state index in [-0.39, 0.29) is 29.6 Å². The van der Waals surface area contributed by atoms with Gasteiger partial charge in [0.05, 0.1) is 18.5 Å². The maximum absolute atomic E-state index is 13.8. The third-order valence-electron chi connectivity index (χ3n) is 5.71. The third-order valence-corrected chi connectivity index (χ3v) is 5.71. The molecule has 0 atom stereocenters. The number of aromatic nitrogens is 3. The lowest BCUT2D eigenvalue weighted by Crippen LogP contribution is -2.46. The van der Waals surface area contributed by atoms with Crippen LogP contribution in [0.4, 0.5) is 18.0 Å². The Bertz CT molecular complexity index is 1200. The molecule has 2 amide bonds. The highest BCUT2D eigenvalue weighted by atomic mass is 19.4. The van der Waals surface area contributed by atoms with Crippen LogP contribution < -0.4 is 5.32 Å². The first-order chi connectivity index (χ1) is 16.2. The van der Waals surface area contributed by atoms with Crippen molar-refractivity contribution < 1.29 is 27.5 Å². The van der Waals surface area contributed by atoms with Gasteiger partial charge < -0.3 is 15.0 Å². The molecule has 34 heavy (non-hydrogen) atoms. The van der Waals surface area contributed by atoms with Gasteiger partial charge in [0, 0.05) is 24.7 Å². The SMILES string of the molecule is CCOC(=O)N1CCC(NC(=O)c2cnn3c(C(F)(F)F)cc(-c4ccc(C)cc4)nc23)CC1. The fraction of sp³-hybridized carbons (Fsp3) is 0.391. The number of carbonyl (C=O) groups is 2. The van der Waals surface area contributed by atoms with Crippen molar-refractivity contribution in [2.45, 2.75) is 38.9 Å². The summed E-state index contributed by atoms with van der Waals surface area (Å²) >= 11 is 0. The van der Waals surface area contributed by atoms with Crippen molar-refractivity contribution in [1.29, 1.82) is 0 Å². The van der Waals surface area contributed by atoms with Crippen LogP contribution in [0.3, 0.4) is 0 Å². The molecule has 3 aromatic rings. The number of likely N-dealkylation sites (tertiary alicyclic amines) is 1. The minimum absolute atomic E-state index is 0.0488. The van der Waals surface area contributed by atoms with Crippen molar-refractivity contribution in [2.75, 3.05) is 19.7 Å². The fourth-order valence-corrected chi connectivity index (χ4v) is 3.88. The number of ether oxygens (including phenoxy) is 1.